The summed E-state index contributed by atoms with van der Waals surface area (Å²) >= 11 is 0. The maximum atomic E-state index is 10.6. The van der Waals surface area contributed by atoms with Gasteiger partial charge in [0.05, 0.1) is 37.9 Å². The molecule has 0 rings (SSSR count). The zero-order valence-corrected chi connectivity index (χ0v) is 38.2. The summed E-state index contributed by atoms with van der Waals surface area (Å²) in [4.78, 5) is 60.9. The molecule has 20 nitrogen and oxygen atoms in total. The van der Waals surface area contributed by atoms with Crippen molar-refractivity contribution in [1.29, 1.82) is 0 Å². The van der Waals surface area contributed by atoms with Crippen LogP contribution in [0.25, 0.3) is 0 Å². The fourth-order valence-corrected chi connectivity index (χ4v) is 2.73. The Balaban J connectivity index is -0.000000104. The zero-order chi connectivity index (χ0) is 46.1. The Labute approximate surface area is 341 Å². The fourth-order valence-electron chi connectivity index (χ4n) is 1.85. The fraction of sp³-hybridized carbons (Fsp3) is 0.829. The number of ether oxygens (including phenoxy) is 8. The summed E-state index contributed by atoms with van der Waals surface area (Å²) in [7, 11) is -4.95. The van der Waals surface area contributed by atoms with E-state index in [4.69, 9.17) is 9.47 Å². The largest absolute Gasteiger partial charge is 0.466 e. The van der Waals surface area contributed by atoms with Crippen molar-refractivity contribution in [3.63, 3.8) is 0 Å². The first-order valence-corrected chi connectivity index (χ1v) is 21.3. The van der Waals surface area contributed by atoms with Gasteiger partial charge in [-0.1, -0.05) is 34.6 Å². The molecule has 0 amide bonds. The van der Waals surface area contributed by atoms with E-state index in [1.807, 2.05) is 13.8 Å². The van der Waals surface area contributed by atoms with Crippen molar-refractivity contribution in [2.24, 2.45) is 0 Å². The molecule has 344 valence electrons. The normalized spacial score (nSPS) is 9.51. The molecular weight excluding hydrogens is 804 g/mol. The van der Waals surface area contributed by atoms with Crippen LogP contribution in [-0.2, 0) is 95.3 Å². The third-order valence-corrected chi connectivity index (χ3v) is 6.94. The van der Waals surface area contributed by atoms with Crippen molar-refractivity contribution in [1.82, 2.24) is 0 Å². The Bertz CT molecular complexity index is 1170. The first-order chi connectivity index (χ1) is 26.5. The van der Waals surface area contributed by atoms with E-state index in [1.165, 1.54) is 34.6 Å². The van der Waals surface area contributed by atoms with Crippen molar-refractivity contribution >= 4 is 56.1 Å². The highest BCUT2D eigenvalue weighted by Gasteiger charge is 2.07. The van der Waals surface area contributed by atoms with Crippen LogP contribution in [0.15, 0.2) is 0 Å². The van der Waals surface area contributed by atoms with E-state index >= 15 is 0 Å². The minimum atomic E-state index is -3.49. The van der Waals surface area contributed by atoms with Crippen LogP contribution in [0.1, 0.15) is 122 Å². The van der Waals surface area contributed by atoms with Gasteiger partial charge >= 0.3 is 35.8 Å². The number of hydrogen-bond acceptors (Lipinski definition) is 20. The summed E-state index contributed by atoms with van der Waals surface area (Å²) in [6.07, 6.45) is 3.74. The molecule has 0 saturated heterocycles. The topological polar surface area (TPSA) is 263 Å². The van der Waals surface area contributed by atoms with E-state index < -0.39 is 39.0 Å². The molecule has 0 aromatic heterocycles. The molecule has 0 N–H and O–H groups in total. The molecule has 0 saturated carbocycles. The average Bonchev–Trinajstić information content (AvgIpc) is 3.14. The highest BCUT2D eigenvalue weighted by atomic mass is 32.2. The van der Waals surface area contributed by atoms with Gasteiger partial charge in [-0.05, 0) is 47.0 Å². The van der Waals surface area contributed by atoms with Gasteiger partial charge in [-0.3, -0.25) is 33.0 Å². The smallest absolute Gasteiger partial charge is 0.308 e. The number of hydrogen-bond donors (Lipinski definition) is 0. The van der Waals surface area contributed by atoms with Gasteiger partial charge in [-0.2, -0.15) is 16.8 Å². The Morgan fingerprint density at radius 2 is 0.807 bits per heavy atom. The van der Waals surface area contributed by atoms with E-state index in [9.17, 15) is 45.6 Å². The van der Waals surface area contributed by atoms with Gasteiger partial charge < -0.3 is 37.9 Å². The Hall–Kier alpha value is -3.44. The molecule has 0 aromatic carbocycles. The second-order valence-electron chi connectivity index (χ2n) is 9.75. The molecule has 57 heavy (non-hydrogen) atoms. The zero-order valence-electron chi connectivity index (χ0n) is 36.6. The SMILES string of the molecule is CCC(=O)OCOC(C)=O.CCCOC.CCCOC(C)=O.CCCOCOC(C)=O.CCOC(=O)CC.CCOS(=O)(=O)CC.CCS(=O)(=O)OCOC(C)=O. The van der Waals surface area contributed by atoms with Gasteiger partial charge in [-0.25, -0.2) is 4.18 Å². The van der Waals surface area contributed by atoms with Gasteiger partial charge in [0.15, 0.2) is 6.79 Å². The molecule has 0 fully saturated rings. The highest BCUT2D eigenvalue weighted by Crippen LogP contribution is 1.92. The molecule has 22 heteroatoms. The Morgan fingerprint density at radius 3 is 1.07 bits per heavy atom. The molecule has 0 radical (unpaired) electrons. The van der Waals surface area contributed by atoms with Crippen LogP contribution in [0.3, 0.4) is 0 Å². The van der Waals surface area contributed by atoms with Crippen LogP contribution >= 0.6 is 0 Å². The first kappa shape index (κ1) is 68.3. The lowest BCUT2D eigenvalue weighted by Gasteiger charge is -2.01. The molecule has 0 aliphatic rings. The third kappa shape index (κ3) is 90.4. The molecular formula is C35H72O20S2. The number of methoxy groups -OCH3 is 1. The molecule has 0 aliphatic heterocycles. The Morgan fingerprint density at radius 1 is 0.421 bits per heavy atom. The van der Waals surface area contributed by atoms with E-state index in [-0.39, 0.29) is 55.6 Å². The summed E-state index contributed by atoms with van der Waals surface area (Å²) in [6, 6.07) is 0. The predicted octanol–water partition coefficient (Wildman–Crippen LogP) is 4.60. The van der Waals surface area contributed by atoms with Crippen molar-refractivity contribution in [3.05, 3.63) is 0 Å². The molecule has 0 unspecified atom stereocenters. The third-order valence-electron chi connectivity index (χ3n) is 4.47. The van der Waals surface area contributed by atoms with Crippen molar-refractivity contribution in [2.45, 2.75) is 122 Å². The standard InChI is InChI=1S/C6H10O4.C6H12O3.C5H10O5S.2C5H10O2.C4H10O3S.C4H10O/c1-3-6(8)10-4-9-5(2)7;1-3-4-8-5-9-6(2)7;1-3-11(7,8)10-4-9-5(2)6;1-3-4-7-5(2)6;1-3-5(6)7-4-2;1-3-7-8(5,6)4-2;1-3-4-5-2/h3-4H2,1-2H3;3-5H2,1-2H3;3-4H2,1-2H3;2*3-4H2,1-2H3;3-4H2,1-2H3;3-4H2,1-2H3. The summed E-state index contributed by atoms with van der Waals surface area (Å²) < 4.78 is 86.6. The lowest BCUT2D eigenvalue weighted by Crippen LogP contribution is -2.12. The summed E-state index contributed by atoms with van der Waals surface area (Å²) in [6.45, 7) is 23.2. The van der Waals surface area contributed by atoms with Gasteiger partial charge in [0, 0.05) is 54.3 Å². The minimum absolute atomic E-state index is 0.0564. The van der Waals surface area contributed by atoms with Crippen molar-refractivity contribution in [3.8, 4) is 0 Å². The molecule has 0 heterocycles. The van der Waals surface area contributed by atoms with Gasteiger partial charge in [0.25, 0.3) is 20.2 Å². The van der Waals surface area contributed by atoms with E-state index in [0.717, 1.165) is 25.9 Å². The number of rotatable bonds is 20. The Kier molecular flexibility index (Phi) is 62.9. The number of carbonyl (C=O) groups is 6. The van der Waals surface area contributed by atoms with E-state index in [0.29, 0.717) is 32.7 Å². The van der Waals surface area contributed by atoms with Crippen molar-refractivity contribution in [2.75, 3.05) is 72.0 Å². The molecule has 0 atom stereocenters. The molecule has 0 aromatic rings. The first-order valence-electron chi connectivity index (χ1n) is 18.2. The molecule has 0 spiro atoms. The second kappa shape index (κ2) is 52.6. The predicted molar refractivity (Wildman–Crippen MR) is 210 cm³/mol. The van der Waals surface area contributed by atoms with E-state index in [1.54, 1.807) is 41.7 Å². The maximum Gasteiger partial charge on any atom is 0.308 e. The summed E-state index contributed by atoms with van der Waals surface area (Å²) in [5.41, 5.74) is 0. The lowest BCUT2D eigenvalue weighted by molar-refractivity contribution is -0.165. The maximum absolute atomic E-state index is 10.6. The quantitative estimate of drug-likeness (QED) is 0.0532. The number of carbonyl (C=O) groups excluding carboxylic acids is 6. The van der Waals surface area contributed by atoms with Crippen LogP contribution < -0.4 is 0 Å². The van der Waals surface area contributed by atoms with Crippen LogP contribution in [0.4, 0.5) is 0 Å². The average molecular weight is 877 g/mol. The second-order valence-corrected chi connectivity index (χ2v) is 13.6. The molecule has 0 bridgehead atoms. The van der Waals surface area contributed by atoms with Crippen LogP contribution in [0.2, 0.25) is 0 Å². The van der Waals surface area contributed by atoms with Crippen molar-refractivity contribution < 1.29 is 91.9 Å². The lowest BCUT2D eigenvalue weighted by atomic mass is 10.5. The number of esters is 6. The van der Waals surface area contributed by atoms with Gasteiger partial charge in [0.1, 0.15) is 0 Å². The van der Waals surface area contributed by atoms with E-state index in [2.05, 4.69) is 43.7 Å². The highest BCUT2D eigenvalue weighted by molar-refractivity contribution is 7.86. The summed E-state index contributed by atoms with van der Waals surface area (Å²) in [5.74, 6) is -2.09. The monoisotopic (exact) mass is 876 g/mol. The van der Waals surface area contributed by atoms with Gasteiger partial charge in [-0.15, -0.1) is 0 Å². The van der Waals surface area contributed by atoms with Crippen LogP contribution in [0, 0.1) is 0 Å². The van der Waals surface area contributed by atoms with Gasteiger partial charge in [0.2, 0.25) is 13.6 Å². The molecule has 0 aliphatic carbocycles. The van der Waals surface area contributed by atoms with Crippen LogP contribution in [0.5, 0.6) is 0 Å². The minimum Gasteiger partial charge on any atom is -0.466 e. The summed E-state index contributed by atoms with van der Waals surface area (Å²) in [5, 5.41) is 0. The van der Waals surface area contributed by atoms with Crippen LogP contribution in [-0.4, -0.2) is 125 Å².